The average molecular weight is 1180 g/mol. The van der Waals surface area contributed by atoms with Crippen LogP contribution in [0.2, 0.25) is 0 Å². The molecule has 0 saturated heterocycles. The molecule has 1 unspecified atom stereocenters. The van der Waals surface area contributed by atoms with Crippen molar-refractivity contribution in [2.24, 2.45) is 37.9 Å². The highest BCUT2D eigenvalue weighted by atomic mass is 16.6. The lowest BCUT2D eigenvalue weighted by Gasteiger charge is -2.21. The molecule has 0 aliphatic heterocycles. The van der Waals surface area contributed by atoms with Gasteiger partial charge in [-0.05, 0) is 160 Å². The van der Waals surface area contributed by atoms with Crippen LogP contribution >= 0.6 is 0 Å². The van der Waals surface area contributed by atoms with E-state index < -0.39 is 51.6 Å². The SMILES string of the molecule is C=C(C)C(=O)OCC(O)COC(=O)C(C)(C)CC.C=CCOC(=O)C(C)(C)CC.CCC(C)(C)C(=O)O.CCC(C)(C)C(=O)O.CCC(C)(C)C(=O)O.CCC(C)(C)C(=O)OCc1ccccc1.CCC(C)(C)C(=O)OCc1ccccc1. The Morgan fingerprint density at radius 3 is 0.880 bits per heavy atom. The van der Waals surface area contributed by atoms with E-state index in [0.717, 1.165) is 30.4 Å². The van der Waals surface area contributed by atoms with Gasteiger partial charge >= 0.3 is 47.8 Å². The number of carbonyl (C=O) groups excluding carboxylic acids is 5. The second kappa shape index (κ2) is 42.4. The van der Waals surface area contributed by atoms with Crippen LogP contribution in [0.25, 0.3) is 0 Å². The summed E-state index contributed by atoms with van der Waals surface area (Å²) in [4.78, 5) is 87.9. The Balaban J connectivity index is -0.000000292. The molecule has 0 heterocycles. The Labute approximate surface area is 499 Å². The van der Waals surface area contributed by atoms with Crippen molar-refractivity contribution < 1.29 is 82.5 Å². The van der Waals surface area contributed by atoms with Gasteiger partial charge in [0.25, 0.3) is 0 Å². The van der Waals surface area contributed by atoms with Gasteiger partial charge in [-0.3, -0.25) is 33.6 Å². The van der Waals surface area contributed by atoms with E-state index in [2.05, 4.69) is 13.2 Å². The standard InChI is InChI=1S/C13H22O5.2C13H18O2.C9H16O2.3C6H12O2/c1-6-13(4,5)12(16)18-8-10(14)7-17-11(15)9(2)3;2*1-4-13(2,3)12(14)15-10-11-8-6-5-7-9-11;1-5-7-11-8(10)9(3,4)6-2;3*1-4-6(2,3)5(7)8/h10,14H,2,6-8H2,1,3-5H3;2*5-9H,4,10H2,1-3H3;5H,1,6-7H2,2-4H3;3*4H2,1-3H3,(H,7,8). The molecule has 17 nitrogen and oxygen atoms in total. The fourth-order valence-electron chi connectivity index (χ4n) is 3.91. The summed E-state index contributed by atoms with van der Waals surface area (Å²) < 4.78 is 25.1. The number of aliphatic hydroxyl groups is 1. The van der Waals surface area contributed by atoms with E-state index in [1.165, 1.54) is 6.92 Å². The first kappa shape index (κ1) is 85.4. The molecule has 4 N–H and O–H groups in total. The van der Waals surface area contributed by atoms with Gasteiger partial charge in [0.15, 0.2) is 0 Å². The van der Waals surface area contributed by atoms with Gasteiger partial charge in [0.1, 0.15) is 39.1 Å². The van der Waals surface area contributed by atoms with Crippen molar-refractivity contribution in [3.8, 4) is 0 Å². The molecule has 0 fully saturated rings. The minimum absolute atomic E-state index is 0.131. The lowest BCUT2D eigenvalue weighted by atomic mass is 9.91. The van der Waals surface area contributed by atoms with E-state index in [9.17, 15) is 43.5 Å². The number of carboxylic acid groups (broad SMARTS) is 3. The first-order valence-corrected chi connectivity index (χ1v) is 28.5. The summed E-state index contributed by atoms with van der Waals surface area (Å²) in [5, 5.41) is 34.8. The van der Waals surface area contributed by atoms with Crippen molar-refractivity contribution in [1.82, 2.24) is 0 Å². The van der Waals surface area contributed by atoms with E-state index in [0.29, 0.717) is 45.5 Å². The van der Waals surface area contributed by atoms with Gasteiger partial charge in [0.2, 0.25) is 0 Å². The Morgan fingerprint density at radius 2 is 0.663 bits per heavy atom. The summed E-state index contributed by atoms with van der Waals surface area (Å²) in [5.74, 6) is -3.54. The average Bonchev–Trinajstić information content (AvgIpc) is 3.44. The molecule has 476 valence electrons. The molecular weight excluding hydrogens is 1060 g/mol. The highest BCUT2D eigenvalue weighted by Crippen LogP contribution is 2.25. The lowest BCUT2D eigenvalue weighted by Crippen LogP contribution is -2.31. The predicted octanol–water partition coefficient (Wildman–Crippen LogP) is 14.5. The Bertz CT molecular complexity index is 2090. The molecule has 0 aliphatic rings. The van der Waals surface area contributed by atoms with Crippen LogP contribution in [0.3, 0.4) is 0 Å². The zero-order valence-corrected chi connectivity index (χ0v) is 54.9. The zero-order valence-electron chi connectivity index (χ0n) is 54.9. The van der Waals surface area contributed by atoms with Gasteiger partial charge in [0.05, 0.1) is 37.9 Å². The minimum Gasteiger partial charge on any atom is -0.481 e. The van der Waals surface area contributed by atoms with Gasteiger partial charge in [-0.25, -0.2) is 4.79 Å². The van der Waals surface area contributed by atoms with Gasteiger partial charge in [-0.2, -0.15) is 0 Å². The maximum atomic E-state index is 11.6. The second-order valence-electron chi connectivity index (χ2n) is 24.2. The van der Waals surface area contributed by atoms with Crippen molar-refractivity contribution in [1.29, 1.82) is 0 Å². The summed E-state index contributed by atoms with van der Waals surface area (Å²) >= 11 is 0. The smallest absolute Gasteiger partial charge is 0.333 e. The number of aliphatic hydroxyl groups excluding tert-OH is 1. The van der Waals surface area contributed by atoms with Crippen molar-refractivity contribution in [2.75, 3.05) is 19.8 Å². The molecule has 0 spiro atoms. The topological polar surface area (TPSA) is 264 Å². The lowest BCUT2D eigenvalue weighted by molar-refractivity contribution is -0.159. The number of carboxylic acids is 3. The summed E-state index contributed by atoms with van der Waals surface area (Å²) in [6, 6.07) is 19.4. The highest BCUT2D eigenvalue weighted by Gasteiger charge is 2.30. The highest BCUT2D eigenvalue weighted by molar-refractivity contribution is 5.87. The van der Waals surface area contributed by atoms with E-state index in [1.54, 1.807) is 61.5 Å². The van der Waals surface area contributed by atoms with Gasteiger partial charge in [0, 0.05) is 5.57 Å². The first-order valence-electron chi connectivity index (χ1n) is 28.5. The van der Waals surface area contributed by atoms with Crippen LogP contribution in [-0.4, -0.2) is 94.1 Å². The van der Waals surface area contributed by atoms with Gasteiger partial charge < -0.3 is 44.1 Å². The van der Waals surface area contributed by atoms with Crippen LogP contribution in [0.4, 0.5) is 0 Å². The molecule has 0 radical (unpaired) electrons. The monoisotopic (exact) mass is 1170 g/mol. The second-order valence-corrected chi connectivity index (χ2v) is 24.2. The molecule has 0 aliphatic carbocycles. The van der Waals surface area contributed by atoms with E-state index in [1.807, 2.05) is 151 Å². The maximum absolute atomic E-state index is 11.6. The quantitative estimate of drug-likeness (QED) is 0.0311. The molecule has 0 aromatic heterocycles. The fourth-order valence-corrected chi connectivity index (χ4v) is 3.91. The Hall–Kier alpha value is -6.36. The normalized spacial score (nSPS) is 11.5. The van der Waals surface area contributed by atoms with Crippen LogP contribution in [0.1, 0.15) is 208 Å². The van der Waals surface area contributed by atoms with Crippen LogP contribution in [0.15, 0.2) is 85.5 Å². The van der Waals surface area contributed by atoms with E-state index in [-0.39, 0.29) is 58.9 Å². The number of esters is 5. The number of rotatable bonds is 25. The Kier molecular flexibility index (Phi) is 43.7. The molecule has 0 amide bonds. The van der Waals surface area contributed by atoms with Crippen molar-refractivity contribution in [3.63, 3.8) is 0 Å². The zero-order chi connectivity index (χ0) is 66.2. The largest absolute Gasteiger partial charge is 0.481 e. The van der Waals surface area contributed by atoms with Crippen LogP contribution < -0.4 is 0 Å². The maximum Gasteiger partial charge on any atom is 0.333 e. The number of benzene rings is 2. The fraction of sp³-hybridized carbons (Fsp3) is 0.636. The third-order valence-electron chi connectivity index (χ3n) is 14.1. The number of aliphatic carboxylic acids is 3. The van der Waals surface area contributed by atoms with Gasteiger partial charge in [-0.1, -0.05) is 128 Å². The van der Waals surface area contributed by atoms with Crippen molar-refractivity contribution in [2.45, 2.75) is 217 Å². The van der Waals surface area contributed by atoms with Crippen LogP contribution in [-0.2, 0) is 75.3 Å². The number of ether oxygens (including phenoxy) is 5. The number of carbonyl (C=O) groups is 8. The third kappa shape index (κ3) is 40.5. The minimum atomic E-state index is -1.02. The van der Waals surface area contributed by atoms with Gasteiger partial charge in [-0.15, -0.1) is 0 Å². The molecular formula is C66H110O17. The van der Waals surface area contributed by atoms with Crippen molar-refractivity contribution >= 4 is 47.8 Å². The molecule has 83 heavy (non-hydrogen) atoms. The number of hydrogen-bond acceptors (Lipinski definition) is 14. The number of hydrogen-bond donors (Lipinski definition) is 4. The Morgan fingerprint density at radius 1 is 0.422 bits per heavy atom. The predicted molar refractivity (Wildman–Crippen MR) is 328 cm³/mol. The van der Waals surface area contributed by atoms with E-state index >= 15 is 0 Å². The summed E-state index contributed by atoms with van der Waals surface area (Å²) in [5.41, 5.74) is -1.01. The molecule has 17 heteroatoms. The van der Waals surface area contributed by atoms with Crippen LogP contribution in [0.5, 0.6) is 0 Å². The molecule has 2 rings (SSSR count). The third-order valence-corrected chi connectivity index (χ3v) is 14.1. The molecule has 1 atom stereocenters. The first-order chi connectivity index (χ1) is 37.9. The summed E-state index contributed by atoms with van der Waals surface area (Å²) in [7, 11) is 0. The molecule has 2 aromatic carbocycles. The summed E-state index contributed by atoms with van der Waals surface area (Å²) in [6.45, 7) is 47.6. The molecule has 2 aromatic rings. The van der Waals surface area contributed by atoms with E-state index in [4.69, 9.17) is 39.0 Å². The summed E-state index contributed by atoms with van der Waals surface area (Å²) in [6.07, 6.45) is 5.62. The molecule has 0 bridgehead atoms. The van der Waals surface area contributed by atoms with Crippen LogP contribution in [0, 0.1) is 37.9 Å². The molecule has 0 saturated carbocycles. The van der Waals surface area contributed by atoms with Crippen molar-refractivity contribution in [3.05, 3.63) is 96.6 Å².